The van der Waals surface area contributed by atoms with Crippen LogP contribution in [0.25, 0.3) is 0 Å². The summed E-state index contributed by atoms with van der Waals surface area (Å²) in [4.78, 5) is 24.6. The Bertz CT molecular complexity index is 782. The largest absolute Gasteiger partial charge is 0.497 e. The molecule has 0 fully saturated rings. The molecule has 0 radical (unpaired) electrons. The average molecular weight is 377 g/mol. The number of methoxy groups -OCH3 is 1. The molecule has 2 aromatic rings. The quantitative estimate of drug-likeness (QED) is 0.774. The fourth-order valence-corrected chi connectivity index (χ4v) is 2.71. The van der Waals surface area contributed by atoms with Gasteiger partial charge in [-0.25, -0.2) is 4.79 Å². The number of carboxylic acid groups (broad SMARTS) is 1. The summed E-state index contributed by atoms with van der Waals surface area (Å²) in [6, 6.07) is 13.7. The molecule has 0 saturated heterocycles. The van der Waals surface area contributed by atoms with E-state index in [2.05, 4.69) is 5.32 Å². The molecule has 0 saturated carbocycles. The normalized spacial score (nSPS) is 11.5. The monoisotopic (exact) mass is 376 g/mol. The van der Waals surface area contributed by atoms with Crippen LogP contribution in [-0.2, 0) is 4.79 Å². The van der Waals surface area contributed by atoms with E-state index >= 15 is 0 Å². The number of amides is 2. The van der Waals surface area contributed by atoms with Crippen LogP contribution in [0.5, 0.6) is 5.75 Å². The third kappa shape index (κ3) is 5.13. The van der Waals surface area contributed by atoms with E-state index in [1.54, 1.807) is 20.2 Å². The molecule has 0 aromatic heterocycles. The van der Waals surface area contributed by atoms with E-state index in [9.17, 15) is 9.59 Å². The first-order valence-electron chi connectivity index (χ1n) is 8.04. The summed E-state index contributed by atoms with van der Waals surface area (Å²) in [6.07, 6.45) is -0.125. The Morgan fingerprint density at radius 1 is 1.23 bits per heavy atom. The van der Waals surface area contributed by atoms with Gasteiger partial charge in [0.2, 0.25) is 0 Å². The fourth-order valence-electron chi connectivity index (χ4n) is 2.47. The number of nitrogens with zero attached hydrogens (tertiary/aromatic N) is 1. The molecule has 138 valence electrons. The molecule has 0 bridgehead atoms. The van der Waals surface area contributed by atoms with Crippen LogP contribution >= 0.6 is 11.6 Å². The highest BCUT2D eigenvalue weighted by Crippen LogP contribution is 2.30. The Hall–Kier alpha value is -2.73. The van der Waals surface area contributed by atoms with Gasteiger partial charge in [-0.05, 0) is 29.3 Å². The van der Waals surface area contributed by atoms with Crippen molar-refractivity contribution in [2.24, 2.45) is 0 Å². The summed E-state index contributed by atoms with van der Waals surface area (Å²) in [6.45, 7) is 0.106. The van der Waals surface area contributed by atoms with E-state index in [-0.39, 0.29) is 19.0 Å². The van der Waals surface area contributed by atoms with E-state index in [1.807, 2.05) is 42.5 Å². The smallest absolute Gasteiger partial charge is 0.317 e. The average Bonchev–Trinajstić information content (AvgIpc) is 2.64. The SMILES string of the molecule is COc1cccc(C(NC(=O)N(C)CCC(=O)O)c2ccccc2Cl)c1. The van der Waals surface area contributed by atoms with Crippen molar-refractivity contribution < 1.29 is 19.4 Å². The number of carbonyl (C=O) groups excluding carboxylic acids is 1. The molecule has 0 aliphatic heterocycles. The number of halogens is 1. The Balaban J connectivity index is 2.30. The minimum Gasteiger partial charge on any atom is -0.497 e. The first-order chi connectivity index (χ1) is 12.4. The number of urea groups is 1. The molecular weight excluding hydrogens is 356 g/mol. The summed E-state index contributed by atoms with van der Waals surface area (Å²) >= 11 is 6.33. The van der Waals surface area contributed by atoms with Crippen LogP contribution in [0.2, 0.25) is 5.02 Å². The molecule has 0 aliphatic carbocycles. The summed E-state index contributed by atoms with van der Waals surface area (Å²) < 4.78 is 5.27. The second kappa shape index (κ2) is 9.10. The summed E-state index contributed by atoms with van der Waals surface area (Å²) in [7, 11) is 3.12. The predicted octanol–water partition coefficient (Wildman–Crippen LogP) is 3.55. The van der Waals surface area contributed by atoms with Gasteiger partial charge < -0.3 is 20.1 Å². The predicted molar refractivity (Wildman–Crippen MR) is 99.7 cm³/mol. The number of carboxylic acids is 1. The van der Waals surface area contributed by atoms with Gasteiger partial charge >= 0.3 is 12.0 Å². The third-order valence-corrected chi connectivity index (χ3v) is 4.26. The van der Waals surface area contributed by atoms with Crippen molar-refractivity contribution in [2.75, 3.05) is 20.7 Å². The maximum absolute atomic E-state index is 12.5. The van der Waals surface area contributed by atoms with Crippen LogP contribution in [0, 0.1) is 0 Å². The van der Waals surface area contributed by atoms with Crippen molar-refractivity contribution >= 4 is 23.6 Å². The van der Waals surface area contributed by atoms with Crippen LogP contribution in [-0.4, -0.2) is 42.7 Å². The lowest BCUT2D eigenvalue weighted by atomic mass is 9.98. The van der Waals surface area contributed by atoms with Gasteiger partial charge in [0.1, 0.15) is 5.75 Å². The van der Waals surface area contributed by atoms with Gasteiger partial charge in [0.25, 0.3) is 0 Å². The van der Waals surface area contributed by atoms with Crippen molar-refractivity contribution in [3.8, 4) is 5.75 Å². The minimum absolute atomic E-state index is 0.106. The van der Waals surface area contributed by atoms with E-state index in [1.165, 1.54) is 4.90 Å². The van der Waals surface area contributed by atoms with Crippen molar-refractivity contribution in [2.45, 2.75) is 12.5 Å². The summed E-state index contributed by atoms with van der Waals surface area (Å²) in [5.74, 6) is -0.298. The molecule has 1 atom stereocenters. The van der Waals surface area contributed by atoms with Gasteiger partial charge in [0.15, 0.2) is 0 Å². The standard InChI is InChI=1S/C19H21ClN2O4/c1-22(11-10-17(23)24)19(25)21-18(15-8-3-4-9-16(15)20)13-6-5-7-14(12-13)26-2/h3-9,12,18H,10-11H2,1-2H3,(H,21,25)(H,23,24). The lowest BCUT2D eigenvalue weighted by Gasteiger charge is -2.25. The number of benzene rings is 2. The van der Waals surface area contributed by atoms with Gasteiger partial charge in [0, 0.05) is 18.6 Å². The molecule has 6 nitrogen and oxygen atoms in total. The highest BCUT2D eigenvalue weighted by Gasteiger charge is 2.21. The van der Waals surface area contributed by atoms with Gasteiger partial charge in [-0.2, -0.15) is 0 Å². The molecule has 0 heterocycles. The van der Waals surface area contributed by atoms with Crippen LogP contribution in [0.1, 0.15) is 23.6 Å². The van der Waals surface area contributed by atoms with Gasteiger partial charge in [0.05, 0.1) is 19.6 Å². The topological polar surface area (TPSA) is 78.9 Å². The van der Waals surface area contributed by atoms with E-state index in [0.717, 1.165) is 11.1 Å². The fraction of sp³-hybridized carbons (Fsp3) is 0.263. The number of aliphatic carboxylic acids is 1. The van der Waals surface area contributed by atoms with Gasteiger partial charge in [-0.15, -0.1) is 0 Å². The van der Waals surface area contributed by atoms with Crippen molar-refractivity contribution in [1.82, 2.24) is 10.2 Å². The molecule has 26 heavy (non-hydrogen) atoms. The molecule has 0 spiro atoms. The lowest BCUT2D eigenvalue weighted by molar-refractivity contribution is -0.137. The maximum atomic E-state index is 12.5. The number of hydrogen-bond acceptors (Lipinski definition) is 3. The number of ether oxygens (including phenoxy) is 1. The molecule has 7 heteroatoms. The molecule has 1 unspecified atom stereocenters. The highest BCUT2D eigenvalue weighted by atomic mass is 35.5. The molecule has 0 aliphatic rings. The van der Waals surface area contributed by atoms with Crippen LogP contribution in [0.4, 0.5) is 4.79 Å². The minimum atomic E-state index is -0.958. The molecule has 2 rings (SSSR count). The first-order valence-corrected chi connectivity index (χ1v) is 8.42. The third-order valence-electron chi connectivity index (χ3n) is 3.92. The second-order valence-electron chi connectivity index (χ2n) is 5.75. The number of hydrogen-bond donors (Lipinski definition) is 2. The zero-order chi connectivity index (χ0) is 19.1. The van der Waals surface area contributed by atoms with E-state index in [0.29, 0.717) is 10.8 Å². The number of nitrogens with one attached hydrogen (secondary N) is 1. The van der Waals surface area contributed by atoms with E-state index in [4.69, 9.17) is 21.4 Å². The molecule has 2 amide bonds. The van der Waals surface area contributed by atoms with Crippen LogP contribution in [0.15, 0.2) is 48.5 Å². The molecular formula is C19H21ClN2O4. The Kier molecular flexibility index (Phi) is 6.86. The summed E-state index contributed by atoms with van der Waals surface area (Å²) in [5, 5.41) is 12.2. The highest BCUT2D eigenvalue weighted by molar-refractivity contribution is 6.31. The Morgan fingerprint density at radius 2 is 1.96 bits per heavy atom. The Morgan fingerprint density at radius 3 is 2.62 bits per heavy atom. The molecule has 2 aromatic carbocycles. The zero-order valence-electron chi connectivity index (χ0n) is 14.6. The van der Waals surface area contributed by atoms with Gasteiger partial charge in [-0.3, -0.25) is 4.79 Å². The van der Waals surface area contributed by atoms with Crippen molar-refractivity contribution in [1.29, 1.82) is 0 Å². The van der Waals surface area contributed by atoms with Gasteiger partial charge in [-0.1, -0.05) is 41.9 Å². The maximum Gasteiger partial charge on any atom is 0.317 e. The Labute approximate surface area is 157 Å². The lowest BCUT2D eigenvalue weighted by Crippen LogP contribution is -2.40. The second-order valence-corrected chi connectivity index (χ2v) is 6.15. The van der Waals surface area contributed by atoms with Crippen molar-refractivity contribution in [3.63, 3.8) is 0 Å². The van der Waals surface area contributed by atoms with Crippen molar-refractivity contribution in [3.05, 3.63) is 64.7 Å². The summed E-state index contributed by atoms with van der Waals surface area (Å²) in [5.41, 5.74) is 1.54. The number of rotatable bonds is 7. The first kappa shape index (κ1) is 19.6. The zero-order valence-corrected chi connectivity index (χ0v) is 15.4. The molecule has 2 N–H and O–H groups in total. The number of carbonyl (C=O) groups is 2. The van der Waals surface area contributed by atoms with E-state index < -0.39 is 12.0 Å². The van der Waals surface area contributed by atoms with Crippen LogP contribution < -0.4 is 10.1 Å². The van der Waals surface area contributed by atoms with Crippen LogP contribution in [0.3, 0.4) is 0 Å².